The van der Waals surface area contributed by atoms with E-state index in [2.05, 4.69) is 10.6 Å². The van der Waals surface area contributed by atoms with Crippen LogP contribution in [0.2, 0.25) is 5.02 Å². The maximum Gasteiger partial charge on any atom is 0.205 e. The van der Waals surface area contributed by atoms with Crippen LogP contribution in [0.15, 0.2) is 65.2 Å². The van der Waals surface area contributed by atoms with Gasteiger partial charge in [-0.25, -0.2) is 4.57 Å². The van der Waals surface area contributed by atoms with Gasteiger partial charge in [-0.1, -0.05) is 23.7 Å². The molecule has 0 aliphatic rings. The van der Waals surface area contributed by atoms with Gasteiger partial charge in [0.25, 0.3) is 0 Å². The molecule has 1 aromatic carbocycles. The first-order valence-corrected chi connectivity index (χ1v) is 7.09. The Morgan fingerprint density at radius 1 is 0.952 bits per heavy atom. The Bertz CT molecular complexity index is 789. The first kappa shape index (κ1) is 13.7. The molecule has 2 heterocycles. The molecule has 0 aliphatic heterocycles. The molecule has 0 radical (unpaired) electrons. The van der Waals surface area contributed by atoms with Crippen molar-refractivity contribution < 1.29 is 8.98 Å². The van der Waals surface area contributed by atoms with Gasteiger partial charge in [-0.05, 0) is 36.4 Å². The molecule has 0 amide bonds. The van der Waals surface area contributed by atoms with E-state index in [1.165, 1.54) is 0 Å². The summed E-state index contributed by atoms with van der Waals surface area (Å²) in [7, 11) is 2.01. The van der Waals surface area contributed by atoms with Gasteiger partial charge in [0.05, 0.1) is 5.02 Å². The van der Waals surface area contributed by atoms with Gasteiger partial charge in [-0.15, -0.1) is 0 Å². The van der Waals surface area contributed by atoms with Gasteiger partial charge in [0, 0.05) is 23.8 Å². The maximum atomic E-state index is 6.18. The van der Waals surface area contributed by atoms with Crippen LogP contribution in [0.4, 0.5) is 0 Å². The van der Waals surface area contributed by atoms with E-state index in [1.54, 1.807) is 0 Å². The average Bonchev–Trinajstić information content (AvgIpc) is 2.96. The zero-order chi connectivity index (χ0) is 14.7. The number of pyridine rings is 1. The topological polar surface area (TPSA) is 17.0 Å². The third-order valence-electron chi connectivity index (χ3n) is 3.28. The monoisotopic (exact) mass is 296 g/mol. The minimum atomic E-state index is 0.692. The summed E-state index contributed by atoms with van der Waals surface area (Å²) in [4.78, 5) is 0. The molecule has 0 atom stereocenters. The zero-order valence-corrected chi connectivity index (χ0v) is 12.4. The van der Waals surface area contributed by atoms with Gasteiger partial charge in [-0.3, -0.25) is 0 Å². The summed E-state index contributed by atoms with van der Waals surface area (Å²) < 4.78 is 7.88. The molecule has 0 spiro atoms. The number of nitrogens with zero attached hydrogens (tertiary/aromatic N) is 1. The van der Waals surface area contributed by atoms with Crippen molar-refractivity contribution in [3.8, 4) is 11.3 Å². The summed E-state index contributed by atoms with van der Waals surface area (Å²) in [6.07, 6.45) is 5.99. The molecule has 104 valence electrons. The average molecular weight is 297 g/mol. The number of benzene rings is 1. The van der Waals surface area contributed by atoms with Crippen LogP contribution in [0.3, 0.4) is 0 Å². The maximum absolute atomic E-state index is 6.18. The molecule has 2 nitrogen and oxygen atoms in total. The molecular weight excluding hydrogens is 282 g/mol. The van der Waals surface area contributed by atoms with E-state index in [1.807, 2.05) is 73.9 Å². The molecule has 3 aromatic rings. The van der Waals surface area contributed by atoms with Crippen molar-refractivity contribution in [2.45, 2.75) is 0 Å². The second-order valence-corrected chi connectivity index (χ2v) is 5.16. The molecule has 0 fully saturated rings. The Balaban J connectivity index is 1.86. The second-order valence-electron chi connectivity index (χ2n) is 4.75. The minimum absolute atomic E-state index is 0.692. The van der Waals surface area contributed by atoms with Crippen LogP contribution in [0.1, 0.15) is 11.5 Å². The lowest BCUT2D eigenvalue weighted by Crippen LogP contribution is -2.30. The smallest absolute Gasteiger partial charge is 0.205 e. The second kappa shape index (κ2) is 5.98. The number of halogens is 1. The van der Waals surface area contributed by atoms with Crippen molar-refractivity contribution in [1.29, 1.82) is 0 Å². The van der Waals surface area contributed by atoms with E-state index in [0.717, 1.165) is 22.8 Å². The first-order valence-electron chi connectivity index (χ1n) is 6.71. The highest BCUT2D eigenvalue weighted by atomic mass is 35.5. The van der Waals surface area contributed by atoms with Gasteiger partial charge in [-0.2, -0.15) is 0 Å². The first-order chi connectivity index (χ1) is 10.2. The third-order valence-corrected chi connectivity index (χ3v) is 3.61. The van der Waals surface area contributed by atoms with Crippen LogP contribution >= 0.6 is 11.6 Å². The minimum Gasteiger partial charge on any atom is -0.457 e. The summed E-state index contributed by atoms with van der Waals surface area (Å²) >= 11 is 6.18. The fourth-order valence-corrected chi connectivity index (χ4v) is 2.35. The third kappa shape index (κ3) is 3.06. The zero-order valence-electron chi connectivity index (χ0n) is 11.7. The summed E-state index contributed by atoms with van der Waals surface area (Å²) in [5.41, 5.74) is 2.01. The number of aryl methyl sites for hydroxylation is 1. The highest BCUT2D eigenvalue weighted by Gasteiger charge is 2.07. The largest absolute Gasteiger partial charge is 0.457 e. The van der Waals surface area contributed by atoms with Crippen LogP contribution in [0, 0.1) is 0 Å². The molecule has 3 rings (SSSR count). The molecule has 2 aromatic heterocycles. The molecule has 21 heavy (non-hydrogen) atoms. The number of aromatic nitrogens is 1. The SMILES string of the molecule is C[n+]1ccccc1/C=C/c1ccc(-c2ccccc2Cl)o1. The quantitative estimate of drug-likeness (QED) is 0.646. The van der Waals surface area contributed by atoms with E-state index in [9.17, 15) is 0 Å². The number of furan rings is 1. The van der Waals surface area contributed by atoms with E-state index >= 15 is 0 Å². The lowest BCUT2D eigenvalue weighted by molar-refractivity contribution is -0.673. The summed E-state index contributed by atoms with van der Waals surface area (Å²) in [6.45, 7) is 0. The van der Waals surface area contributed by atoms with Crippen LogP contribution in [-0.2, 0) is 7.05 Å². The predicted octanol–water partition coefficient (Wildman–Crippen LogP) is 4.59. The van der Waals surface area contributed by atoms with Gasteiger partial charge in [0.1, 0.15) is 18.6 Å². The molecule has 0 bridgehead atoms. The Hall–Kier alpha value is -2.32. The van der Waals surface area contributed by atoms with Gasteiger partial charge < -0.3 is 4.42 Å². The van der Waals surface area contributed by atoms with Crippen molar-refractivity contribution in [3.63, 3.8) is 0 Å². The molecule has 0 aliphatic carbocycles. The Labute approximate surface area is 128 Å². The summed E-state index contributed by atoms with van der Waals surface area (Å²) in [5.74, 6) is 1.58. The predicted molar refractivity (Wildman–Crippen MR) is 85.7 cm³/mol. The molecule has 0 saturated heterocycles. The fraction of sp³-hybridized carbons (Fsp3) is 0.0556. The van der Waals surface area contributed by atoms with Crippen molar-refractivity contribution in [3.05, 3.63) is 77.3 Å². The lowest BCUT2D eigenvalue weighted by atomic mass is 10.2. The highest BCUT2D eigenvalue weighted by Crippen LogP contribution is 2.29. The standard InChI is InChI=1S/C18H15ClNO/c1-20-13-5-4-6-14(20)9-10-15-11-12-18(21-15)16-7-2-3-8-17(16)19/h2-13H,1H3/q+1/b10-9+. The fourth-order valence-electron chi connectivity index (χ4n) is 2.13. The lowest BCUT2D eigenvalue weighted by Gasteiger charge is -1.98. The van der Waals surface area contributed by atoms with E-state index in [-0.39, 0.29) is 0 Å². The highest BCUT2D eigenvalue weighted by molar-refractivity contribution is 6.33. The number of hydrogen-bond donors (Lipinski definition) is 0. The molecule has 0 unspecified atom stereocenters. The van der Waals surface area contributed by atoms with Crippen molar-refractivity contribution in [2.75, 3.05) is 0 Å². The van der Waals surface area contributed by atoms with Crippen molar-refractivity contribution >= 4 is 23.8 Å². The Morgan fingerprint density at radius 3 is 2.57 bits per heavy atom. The summed E-state index contributed by atoms with van der Waals surface area (Å²) in [5, 5.41) is 0.692. The van der Waals surface area contributed by atoms with E-state index in [4.69, 9.17) is 16.0 Å². The van der Waals surface area contributed by atoms with Crippen LogP contribution in [0.25, 0.3) is 23.5 Å². The van der Waals surface area contributed by atoms with Gasteiger partial charge in [0.15, 0.2) is 6.20 Å². The van der Waals surface area contributed by atoms with Crippen molar-refractivity contribution in [1.82, 2.24) is 0 Å². The van der Waals surface area contributed by atoms with Crippen molar-refractivity contribution in [2.24, 2.45) is 7.05 Å². The Morgan fingerprint density at radius 2 is 1.76 bits per heavy atom. The molecule has 0 saturated carbocycles. The molecular formula is C18H15ClNO+. The van der Waals surface area contributed by atoms with Crippen LogP contribution in [0.5, 0.6) is 0 Å². The van der Waals surface area contributed by atoms with E-state index < -0.39 is 0 Å². The van der Waals surface area contributed by atoms with Crippen LogP contribution in [-0.4, -0.2) is 0 Å². The van der Waals surface area contributed by atoms with Gasteiger partial charge >= 0.3 is 0 Å². The number of hydrogen-bond acceptors (Lipinski definition) is 1. The van der Waals surface area contributed by atoms with Crippen LogP contribution < -0.4 is 4.57 Å². The normalized spacial score (nSPS) is 11.1. The summed E-state index contributed by atoms with van der Waals surface area (Å²) in [6, 6.07) is 17.6. The molecule has 3 heteroatoms. The van der Waals surface area contributed by atoms with Gasteiger partial charge in [0.2, 0.25) is 5.69 Å². The Kier molecular flexibility index (Phi) is 3.89. The molecule has 0 N–H and O–H groups in total. The van der Waals surface area contributed by atoms with E-state index in [0.29, 0.717) is 5.02 Å². The number of rotatable bonds is 3.